The number of carbonyl (C=O) groups is 1. The number of amides is 2. The molecule has 1 saturated heterocycles. The molecule has 0 bridgehead atoms. The zero-order valence-electron chi connectivity index (χ0n) is 21.7. The van der Waals surface area contributed by atoms with E-state index in [1.807, 2.05) is 61.8 Å². The van der Waals surface area contributed by atoms with Gasteiger partial charge in [-0.3, -0.25) is 9.72 Å². The van der Waals surface area contributed by atoms with E-state index < -0.39 is 6.03 Å². The number of aromatic nitrogens is 5. The first-order valence-electron chi connectivity index (χ1n) is 12.5. The Kier molecular flexibility index (Phi) is 6.00. The second-order valence-corrected chi connectivity index (χ2v) is 11.5. The molecule has 0 radical (unpaired) electrons. The molecule has 0 saturated carbocycles. The van der Waals surface area contributed by atoms with Crippen molar-refractivity contribution in [3.63, 3.8) is 0 Å². The fourth-order valence-electron chi connectivity index (χ4n) is 4.27. The molecule has 0 atom stereocenters. The maximum atomic E-state index is 12.4. The topological polar surface area (TPSA) is 117 Å². The molecule has 0 aliphatic carbocycles. The molecule has 38 heavy (non-hydrogen) atoms. The normalized spacial score (nSPS) is 14.9. The summed E-state index contributed by atoms with van der Waals surface area (Å²) in [7, 11) is 2.14. The van der Waals surface area contributed by atoms with Crippen LogP contribution in [0.1, 0.15) is 26.5 Å². The number of nitrogens with zero attached hydrogens (tertiary/aromatic N) is 7. The Morgan fingerprint density at radius 1 is 1.05 bits per heavy atom. The molecule has 6 rings (SSSR count). The van der Waals surface area contributed by atoms with Gasteiger partial charge in [-0.25, -0.2) is 19.7 Å². The summed E-state index contributed by atoms with van der Waals surface area (Å²) in [5, 5.41) is 9.44. The molecular formula is C26H29N9O2S. The summed E-state index contributed by atoms with van der Waals surface area (Å²) in [4.78, 5) is 33.0. The summed E-state index contributed by atoms with van der Waals surface area (Å²) in [5.41, 5.74) is 3.20. The number of thiazole rings is 1. The quantitative estimate of drug-likeness (QED) is 0.343. The lowest BCUT2D eigenvalue weighted by Gasteiger charge is -2.32. The average molecular weight is 532 g/mol. The SMILES string of the molecule is CN1CCN(c2ncc3c(n2)sc2nc(-c4ccc(NC(=O)Nc5cc(C(C)(C)C)on5)cc4)cn23)CC1. The fourth-order valence-corrected chi connectivity index (χ4v) is 5.22. The van der Waals surface area contributed by atoms with Crippen LogP contribution in [0.2, 0.25) is 0 Å². The minimum atomic E-state index is -0.392. The van der Waals surface area contributed by atoms with E-state index in [4.69, 9.17) is 14.5 Å². The third-order valence-corrected chi connectivity index (χ3v) is 7.52. The highest BCUT2D eigenvalue weighted by Gasteiger charge is 2.21. The van der Waals surface area contributed by atoms with Crippen LogP contribution in [0.25, 0.3) is 26.6 Å². The molecule has 11 nitrogen and oxygen atoms in total. The van der Waals surface area contributed by atoms with Gasteiger partial charge in [0.1, 0.15) is 16.1 Å². The van der Waals surface area contributed by atoms with Crippen LogP contribution in [0.5, 0.6) is 0 Å². The van der Waals surface area contributed by atoms with Gasteiger partial charge in [-0.1, -0.05) is 49.4 Å². The predicted octanol–water partition coefficient (Wildman–Crippen LogP) is 4.69. The Morgan fingerprint density at radius 3 is 2.53 bits per heavy atom. The van der Waals surface area contributed by atoms with Crippen LogP contribution in [-0.2, 0) is 5.41 Å². The molecule has 12 heteroatoms. The first-order valence-corrected chi connectivity index (χ1v) is 13.3. The van der Waals surface area contributed by atoms with Crippen LogP contribution in [0.15, 0.2) is 47.2 Å². The van der Waals surface area contributed by atoms with E-state index in [2.05, 4.69) is 37.6 Å². The van der Waals surface area contributed by atoms with Crippen molar-refractivity contribution < 1.29 is 9.32 Å². The number of rotatable bonds is 4. The van der Waals surface area contributed by atoms with E-state index in [0.29, 0.717) is 17.3 Å². The molecule has 1 fully saturated rings. The van der Waals surface area contributed by atoms with Gasteiger partial charge in [0.05, 0.1) is 11.9 Å². The van der Waals surface area contributed by atoms with E-state index in [1.54, 1.807) is 17.4 Å². The van der Waals surface area contributed by atoms with Crippen molar-refractivity contribution in [2.45, 2.75) is 26.2 Å². The molecule has 5 heterocycles. The number of carbonyl (C=O) groups excluding carboxylic acids is 1. The summed E-state index contributed by atoms with van der Waals surface area (Å²) in [6, 6.07) is 8.89. The second-order valence-electron chi connectivity index (χ2n) is 10.5. The van der Waals surface area contributed by atoms with Gasteiger partial charge in [-0.15, -0.1) is 0 Å². The number of fused-ring (bicyclic) bond motifs is 3. The van der Waals surface area contributed by atoms with Crippen LogP contribution >= 0.6 is 11.3 Å². The average Bonchev–Trinajstić information content (AvgIpc) is 3.59. The highest BCUT2D eigenvalue weighted by molar-refractivity contribution is 7.23. The highest BCUT2D eigenvalue weighted by Crippen LogP contribution is 2.30. The second kappa shape index (κ2) is 9.37. The molecule has 2 amide bonds. The maximum Gasteiger partial charge on any atom is 0.324 e. The van der Waals surface area contributed by atoms with Gasteiger partial charge >= 0.3 is 6.03 Å². The van der Waals surface area contributed by atoms with Gasteiger partial charge in [0, 0.05) is 55.1 Å². The first kappa shape index (κ1) is 24.3. The molecule has 0 unspecified atom stereocenters. The summed E-state index contributed by atoms with van der Waals surface area (Å²) >= 11 is 1.56. The van der Waals surface area contributed by atoms with Crippen LogP contribution in [0.3, 0.4) is 0 Å². The van der Waals surface area contributed by atoms with Crippen LogP contribution in [0.4, 0.5) is 22.2 Å². The van der Waals surface area contributed by atoms with Gasteiger partial charge < -0.3 is 19.6 Å². The van der Waals surface area contributed by atoms with Gasteiger partial charge in [0.25, 0.3) is 0 Å². The van der Waals surface area contributed by atoms with Crippen molar-refractivity contribution in [3.8, 4) is 11.3 Å². The molecule has 1 aliphatic rings. The Bertz CT molecular complexity index is 1610. The molecular weight excluding hydrogens is 502 g/mol. The number of hydrogen-bond donors (Lipinski definition) is 2. The number of benzene rings is 1. The number of piperazine rings is 1. The van der Waals surface area contributed by atoms with Gasteiger partial charge in [0.2, 0.25) is 5.95 Å². The van der Waals surface area contributed by atoms with Crippen molar-refractivity contribution in [2.75, 3.05) is 48.8 Å². The molecule has 1 aromatic carbocycles. The standard InChI is InChI=1S/C26H29N9O2S/c1-26(2,3)20-13-21(32-37-20)30-24(36)28-17-7-5-16(6-8-17)18-15-35-19-14-27-23(31-22(19)38-25(35)29-18)34-11-9-33(4)10-12-34/h5-8,13-15H,9-12H2,1-4H3,(H2,28,30,32,36). The minimum Gasteiger partial charge on any atom is -0.359 e. The molecule has 2 N–H and O–H groups in total. The number of anilines is 3. The summed E-state index contributed by atoms with van der Waals surface area (Å²) < 4.78 is 7.35. The van der Waals surface area contributed by atoms with Gasteiger partial charge in [-0.05, 0) is 19.2 Å². The lowest BCUT2D eigenvalue weighted by atomic mass is 9.93. The van der Waals surface area contributed by atoms with Crippen LogP contribution in [0, 0.1) is 0 Å². The number of imidazole rings is 1. The van der Waals surface area contributed by atoms with Crippen molar-refractivity contribution in [1.29, 1.82) is 0 Å². The van der Waals surface area contributed by atoms with Crippen molar-refractivity contribution in [3.05, 3.63) is 48.5 Å². The van der Waals surface area contributed by atoms with Crippen molar-refractivity contribution in [1.82, 2.24) is 29.4 Å². The third-order valence-electron chi connectivity index (χ3n) is 6.56. The third kappa shape index (κ3) is 4.79. The number of urea groups is 1. The molecule has 1 aliphatic heterocycles. The highest BCUT2D eigenvalue weighted by atomic mass is 32.1. The lowest BCUT2D eigenvalue weighted by Crippen LogP contribution is -2.45. The molecule has 4 aromatic heterocycles. The van der Waals surface area contributed by atoms with Gasteiger partial charge in [0.15, 0.2) is 10.8 Å². The zero-order valence-corrected chi connectivity index (χ0v) is 22.5. The molecule has 196 valence electrons. The summed E-state index contributed by atoms with van der Waals surface area (Å²) in [6.45, 7) is 9.94. The van der Waals surface area contributed by atoms with E-state index in [9.17, 15) is 4.79 Å². The number of nitrogens with one attached hydrogen (secondary N) is 2. The number of hydrogen-bond acceptors (Lipinski definition) is 9. The zero-order chi connectivity index (χ0) is 26.4. The largest absolute Gasteiger partial charge is 0.359 e. The van der Waals surface area contributed by atoms with E-state index in [-0.39, 0.29) is 5.41 Å². The summed E-state index contributed by atoms with van der Waals surface area (Å²) in [5.74, 6) is 1.85. The van der Waals surface area contributed by atoms with Crippen molar-refractivity contribution >= 4 is 50.1 Å². The van der Waals surface area contributed by atoms with Crippen LogP contribution < -0.4 is 15.5 Å². The minimum absolute atomic E-state index is 0.187. The number of likely N-dealkylation sites (N-methyl/N-ethyl adjacent to an activating group) is 1. The van der Waals surface area contributed by atoms with Gasteiger partial charge in [-0.2, -0.15) is 0 Å². The van der Waals surface area contributed by atoms with Crippen LogP contribution in [-0.4, -0.2) is 68.7 Å². The monoisotopic (exact) mass is 531 g/mol. The predicted molar refractivity (Wildman–Crippen MR) is 149 cm³/mol. The van der Waals surface area contributed by atoms with E-state index >= 15 is 0 Å². The fraction of sp³-hybridized carbons (Fsp3) is 0.346. The Hall–Kier alpha value is -4.03. The Morgan fingerprint density at radius 2 is 1.82 bits per heavy atom. The maximum absolute atomic E-state index is 12.4. The Balaban J connectivity index is 1.14. The molecule has 5 aromatic rings. The molecule has 0 spiro atoms. The van der Waals surface area contributed by atoms with E-state index in [1.165, 1.54) is 0 Å². The smallest absolute Gasteiger partial charge is 0.324 e. The summed E-state index contributed by atoms with van der Waals surface area (Å²) in [6.07, 6.45) is 3.88. The first-order chi connectivity index (χ1) is 18.2. The van der Waals surface area contributed by atoms with E-state index in [0.717, 1.165) is 58.7 Å². The van der Waals surface area contributed by atoms with Crippen molar-refractivity contribution in [2.24, 2.45) is 0 Å². The Labute approximate surface area is 223 Å². The lowest BCUT2D eigenvalue weighted by molar-refractivity contribution is 0.262.